The number of aliphatic hydroxyl groups excluding tert-OH is 1. The molecule has 25 heavy (non-hydrogen) atoms. The summed E-state index contributed by atoms with van der Waals surface area (Å²) in [6.07, 6.45) is 13.5. The van der Waals surface area contributed by atoms with Gasteiger partial charge in [-0.15, -0.1) is 0 Å². The molecule has 0 saturated heterocycles. The van der Waals surface area contributed by atoms with Crippen LogP contribution in [-0.4, -0.2) is 22.9 Å². The van der Waals surface area contributed by atoms with Gasteiger partial charge in [0.15, 0.2) is 0 Å². The smallest absolute Gasteiger partial charge is 0.0844 e. The van der Waals surface area contributed by atoms with Gasteiger partial charge in [0.1, 0.15) is 0 Å². The van der Waals surface area contributed by atoms with Gasteiger partial charge in [-0.3, -0.25) is 0 Å². The Hall–Kier alpha value is -0.0800. The molecule has 144 valence electrons. The second kappa shape index (κ2) is 6.51. The summed E-state index contributed by atoms with van der Waals surface area (Å²) in [5.41, 5.74) is 0.458. The zero-order valence-corrected chi connectivity index (χ0v) is 17.0. The molecule has 1 N–H and O–H groups in total. The minimum atomic E-state index is -0.240. The number of aliphatic hydroxyl groups is 1. The van der Waals surface area contributed by atoms with Crippen molar-refractivity contribution >= 4 is 0 Å². The average molecular weight is 349 g/mol. The van der Waals surface area contributed by atoms with E-state index in [4.69, 9.17) is 4.74 Å². The van der Waals surface area contributed by atoms with Crippen LogP contribution in [0.1, 0.15) is 91.9 Å². The van der Waals surface area contributed by atoms with Gasteiger partial charge in [-0.05, 0) is 107 Å². The third kappa shape index (κ3) is 3.20. The first-order chi connectivity index (χ1) is 11.8. The Bertz CT molecular complexity index is 481. The lowest BCUT2D eigenvalue weighted by molar-refractivity contribution is -0.182. The molecule has 0 spiro atoms. The molecule has 0 bridgehead atoms. The first-order valence-corrected chi connectivity index (χ1v) is 11.2. The van der Waals surface area contributed by atoms with Gasteiger partial charge in [-0.25, -0.2) is 0 Å². The van der Waals surface area contributed by atoms with Crippen LogP contribution >= 0.6 is 0 Å². The molecule has 0 aromatic heterocycles. The molecular formula is C23H40O2. The Morgan fingerprint density at radius 2 is 1.56 bits per heavy atom. The number of ether oxygens (including phenoxy) is 1. The average Bonchev–Trinajstić information content (AvgIpc) is 2.55. The minimum Gasteiger partial charge on any atom is -0.390 e. The van der Waals surface area contributed by atoms with Crippen LogP contribution < -0.4 is 0 Å². The SMILES string of the molecule is CC(C)(C)O[C@@H]1CCC2C(CCC3C2CCC2CCCCC23C)C1O. The van der Waals surface area contributed by atoms with Gasteiger partial charge in [0.2, 0.25) is 0 Å². The fraction of sp³-hybridized carbons (Fsp3) is 1.00. The summed E-state index contributed by atoms with van der Waals surface area (Å²) < 4.78 is 6.23. The maximum atomic E-state index is 11.1. The van der Waals surface area contributed by atoms with Crippen molar-refractivity contribution in [1.82, 2.24) is 0 Å². The first-order valence-electron chi connectivity index (χ1n) is 11.2. The molecule has 2 heteroatoms. The van der Waals surface area contributed by atoms with Gasteiger partial charge in [-0.2, -0.15) is 0 Å². The van der Waals surface area contributed by atoms with E-state index in [0.29, 0.717) is 11.3 Å². The second-order valence-corrected chi connectivity index (χ2v) is 11.0. The fourth-order valence-corrected chi connectivity index (χ4v) is 7.67. The lowest BCUT2D eigenvalue weighted by Crippen LogP contribution is -2.56. The van der Waals surface area contributed by atoms with E-state index < -0.39 is 0 Å². The Kier molecular flexibility index (Phi) is 4.77. The van der Waals surface area contributed by atoms with Crippen molar-refractivity contribution < 1.29 is 9.84 Å². The van der Waals surface area contributed by atoms with Gasteiger partial charge < -0.3 is 9.84 Å². The zero-order chi connectivity index (χ0) is 17.8. The van der Waals surface area contributed by atoms with Gasteiger partial charge in [-0.1, -0.05) is 19.8 Å². The van der Waals surface area contributed by atoms with Crippen LogP contribution in [0.15, 0.2) is 0 Å². The van der Waals surface area contributed by atoms with E-state index in [2.05, 4.69) is 27.7 Å². The van der Waals surface area contributed by atoms with Crippen LogP contribution in [-0.2, 0) is 4.74 Å². The summed E-state index contributed by atoms with van der Waals surface area (Å²) in [5, 5.41) is 11.1. The van der Waals surface area contributed by atoms with Crippen LogP contribution in [0.25, 0.3) is 0 Å². The predicted octanol–water partition coefficient (Wildman–Crippen LogP) is 5.57. The molecule has 0 heterocycles. The number of rotatable bonds is 1. The Morgan fingerprint density at radius 1 is 0.840 bits per heavy atom. The van der Waals surface area contributed by atoms with Crippen molar-refractivity contribution in [1.29, 1.82) is 0 Å². The maximum Gasteiger partial charge on any atom is 0.0844 e. The van der Waals surface area contributed by atoms with Gasteiger partial charge in [0, 0.05) is 0 Å². The summed E-state index contributed by atoms with van der Waals surface area (Å²) in [5.74, 6) is 4.05. The predicted molar refractivity (Wildman–Crippen MR) is 102 cm³/mol. The van der Waals surface area contributed by atoms with Crippen molar-refractivity contribution in [3.8, 4) is 0 Å². The molecule has 0 aliphatic heterocycles. The Balaban J connectivity index is 1.50. The van der Waals surface area contributed by atoms with Crippen LogP contribution in [0.4, 0.5) is 0 Å². The minimum absolute atomic E-state index is 0.0550. The fourth-order valence-electron chi connectivity index (χ4n) is 7.67. The summed E-state index contributed by atoms with van der Waals surface area (Å²) in [6, 6.07) is 0. The number of hydrogen-bond acceptors (Lipinski definition) is 2. The van der Waals surface area contributed by atoms with E-state index in [9.17, 15) is 5.11 Å². The standard InChI is InChI=1S/C23H40O2/c1-22(2,3)25-20-13-11-16-17-9-8-15-7-5-6-14-23(15,4)19(17)12-10-18(16)21(20)24/h15-21,24H,5-14H2,1-4H3/t15?,16?,17?,18?,19?,20-,21?,23?/m1/s1. The van der Waals surface area contributed by atoms with Crippen molar-refractivity contribution in [3.63, 3.8) is 0 Å². The van der Waals surface area contributed by atoms with Crippen LogP contribution in [0.5, 0.6) is 0 Å². The molecule has 7 unspecified atom stereocenters. The maximum absolute atomic E-state index is 11.1. The van der Waals surface area contributed by atoms with E-state index in [0.717, 1.165) is 30.1 Å². The lowest BCUT2D eigenvalue weighted by Gasteiger charge is -2.60. The molecule has 0 aromatic rings. The number of fused-ring (bicyclic) bond motifs is 5. The molecule has 0 radical (unpaired) electrons. The van der Waals surface area contributed by atoms with Crippen molar-refractivity contribution in [2.75, 3.05) is 0 Å². The highest BCUT2D eigenvalue weighted by molar-refractivity contribution is 5.05. The van der Waals surface area contributed by atoms with Crippen LogP contribution in [0.3, 0.4) is 0 Å². The molecule has 4 saturated carbocycles. The topological polar surface area (TPSA) is 29.5 Å². The monoisotopic (exact) mass is 348 g/mol. The van der Waals surface area contributed by atoms with Crippen molar-refractivity contribution in [2.45, 2.75) is 110 Å². The highest BCUT2D eigenvalue weighted by Crippen LogP contribution is 2.62. The summed E-state index contributed by atoms with van der Waals surface area (Å²) >= 11 is 0. The van der Waals surface area contributed by atoms with Crippen LogP contribution in [0.2, 0.25) is 0 Å². The van der Waals surface area contributed by atoms with Crippen molar-refractivity contribution in [3.05, 3.63) is 0 Å². The Morgan fingerprint density at radius 3 is 2.32 bits per heavy atom. The molecule has 4 rings (SSSR count). The molecule has 4 aliphatic carbocycles. The van der Waals surface area contributed by atoms with E-state index in [1.807, 2.05) is 0 Å². The van der Waals surface area contributed by atoms with Gasteiger partial charge in [0.25, 0.3) is 0 Å². The van der Waals surface area contributed by atoms with E-state index in [-0.39, 0.29) is 17.8 Å². The molecule has 8 atom stereocenters. The summed E-state index contributed by atoms with van der Waals surface area (Å²) in [7, 11) is 0. The van der Waals surface area contributed by atoms with Gasteiger partial charge in [0.05, 0.1) is 17.8 Å². The third-order valence-corrected chi connectivity index (χ3v) is 8.68. The van der Waals surface area contributed by atoms with Crippen LogP contribution in [0, 0.1) is 35.0 Å². The third-order valence-electron chi connectivity index (χ3n) is 8.68. The highest BCUT2D eigenvalue weighted by Gasteiger charge is 2.55. The van der Waals surface area contributed by atoms with Crippen molar-refractivity contribution in [2.24, 2.45) is 35.0 Å². The first kappa shape index (κ1) is 18.3. The second-order valence-electron chi connectivity index (χ2n) is 11.0. The molecule has 2 nitrogen and oxygen atoms in total. The molecule has 4 fully saturated rings. The van der Waals surface area contributed by atoms with Gasteiger partial charge >= 0.3 is 0 Å². The molecule has 4 aliphatic rings. The summed E-state index contributed by atoms with van der Waals surface area (Å²) in [6.45, 7) is 8.99. The molecule has 0 amide bonds. The normalized spacial score (nSPS) is 50.5. The largest absolute Gasteiger partial charge is 0.390 e. The van der Waals surface area contributed by atoms with E-state index >= 15 is 0 Å². The number of hydrogen-bond donors (Lipinski definition) is 1. The van der Waals surface area contributed by atoms with E-state index in [1.54, 1.807) is 0 Å². The quantitative estimate of drug-likeness (QED) is 0.671. The lowest BCUT2D eigenvalue weighted by atomic mass is 9.45. The van der Waals surface area contributed by atoms with E-state index in [1.165, 1.54) is 57.8 Å². The molecule has 0 aromatic carbocycles. The highest BCUT2D eigenvalue weighted by atomic mass is 16.5. The molecular weight excluding hydrogens is 308 g/mol. The Labute approximate surface area is 155 Å². The zero-order valence-electron chi connectivity index (χ0n) is 17.0. The summed E-state index contributed by atoms with van der Waals surface area (Å²) in [4.78, 5) is 0.